The van der Waals surface area contributed by atoms with Gasteiger partial charge >= 0.3 is 0 Å². The number of carbonyl (C=O) groups excluding carboxylic acids is 2. The number of likely N-dealkylation sites (tertiary alicyclic amines) is 1. The standard InChI is InChI=1S/C22H29N5O3/c1-25(2)20-13-18(17-12-21(28)27(14-17)10-11-30-4)23-19(24-20)15-26(3)22(29)16-8-6-5-7-9-16/h5-9,13,17H,10-12,14-15H2,1-4H3/t17-/m0/s1. The SMILES string of the molecule is COCCN1C[C@@H](c2cc(N(C)C)nc(CN(C)C(=O)c3ccccc3)n2)CC1=O. The van der Waals surface area contributed by atoms with Gasteiger partial charge in [0.25, 0.3) is 5.91 Å². The highest BCUT2D eigenvalue weighted by Gasteiger charge is 2.32. The minimum atomic E-state index is -0.0854. The molecule has 3 rings (SSSR count). The predicted molar refractivity (Wildman–Crippen MR) is 114 cm³/mol. The van der Waals surface area contributed by atoms with Crippen LogP contribution in [0, 0.1) is 0 Å². The van der Waals surface area contributed by atoms with Gasteiger partial charge in [0.1, 0.15) is 11.6 Å². The number of aromatic nitrogens is 2. The first-order valence-electron chi connectivity index (χ1n) is 10.0. The molecule has 1 aromatic heterocycles. The van der Waals surface area contributed by atoms with Crippen molar-refractivity contribution in [3.05, 3.63) is 53.5 Å². The molecule has 160 valence electrons. The molecule has 0 radical (unpaired) electrons. The monoisotopic (exact) mass is 411 g/mol. The summed E-state index contributed by atoms with van der Waals surface area (Å²) in [5.74, 6) is 1.35. The third-order valence-corrected chi connectivity index (χ3v) is 5.18. The second kappa shape index (κ2) is 9.67. The molecule has 0 N–H and O–H groups in total. The number of carbonyl (C=O) groups is 2. The summed E-state index contributed by atoms with van der Waals surface area (Å²) in [6.45, 7) is 2.00. The number of anilines is 1. The average molecular weight is 412 g/mol. The lowest BCUT2D eigenvalue weighted by Gasteiger charge is -2.20. The summed E-state index contributed by atoms with van der Waals surface area (Å²) in [6.07, 6.45) is 0.422. The van der Waals surface area contributed by atoms with Crippen LogP contribution in [0.15, 0.2) is 36.4 Å². The second-order valence-electron chi connectivity index (χ2n) is 7.72. The third-order valence-electron chi connectivity index (χ3n) is 5.18. The van der Waals surface area contributed by atoms with Gasteiger partial charge in [-0.1, -0.05) is 18.2 Å². The van der Waals surface area contributed by atoms with Crippen molar-refractivity contribution in [1.82, 2.24) is 19.8 Å². The first-order valence-corrected chi connectivity index (χ1v) is 10.0. The van der Waals surface area contributed by atoms with Crippen LogP contribution >= 0.6 is 0 Å². The minimum Gasteiger partial charge on any atom is -0.383 e. The Kier molecular flexibility index (Phi) is 6.99. The van der Waals surface area contributed by atoms with E-state index in [9.17, 15) is 9.59 Å². The number of nitrogens with zero attached hydrogens (tertiary/aromatic N) is 5. The lowest BCUT2D eigenvalue weighted by Crippen LogP contribution is -2.29. The molecule has 8 nitrogen and oxygen atoms in total. The summed E-state index contributed by atoms with van der Waals surface area (Å²) in [6, 6.07) is 11.1. The minimum absolute atomic E-state index is 0.00457. The van der Waals surface area contributed by atoms with Crippen molar-refractivity contribution in [1.29, 1.82) is 0 Å². The molecule has 1 aliphatic heterocycles. The zero-order chi connectivity index (χ0) is 21.7. The predicted octanol–water partition coefficient (Wildman–Crippen LogP) is 1.78. The topological polar surface area (TPSA) is 78.9 Å². The Balaban J connectivity index is 1.80. The van der Waals surface area contributed by atoms with Gasteiger partial charge in [-0.3, -0.25) is 9.59 Å². The first kappa shape index (κ1) is 21.7. The quantitative estimate of drug-likeness (QED) is 0.659. The lowest BCUT2D eigenvalue weighted by atomic mass is 10.0. The summed E-state index contributed by atoms with van der Waals surface area (Å²) in [7, 11) is 7.20. The van der Waals surface area contributed by atoms with E-state index >= 15 is 0 Å². The third kappa shape index (κ3) is 5.13. The molecule has 1 saturated heterocycles. The molecular formula is C22H29N5O3. The molecule has 0 bridgehead atoms. The van der Waals surface area contributed by atoms with Crippen molar-refractivity contribution in [3.8, 4) is 0 Å². The van der Waals surface area contributed by atoms with Crippen LogP contribution in [0.3, 0.4) is 0 Å². The van der Waals surface area contributed by atoms with Crippen LogP contribution in [0.5, 0.6) is 0 Å². The van der Waals surface area contributed by atoms with Gasteiger partial charge < -0.3 is 19.4 Å². The number of methoxy groups -OCH3 is 1. The molecule has 0 aliphatic carbocycles. The molecule has 30 heavy (non-hydrogen) atoms. The van der Waals surface area contributed by atoms with E-state index in [0.717, 1.165) is 11.5 Å². The van der Waals surface area contributed by atoms with Crippen molar-refractivity contribution in [2.75, 3.05) is 52.8 Å². The summed E-state index contributed by atoms with van der Waals surface area (Å²) >= 11 is 0. The van der Waals surface area contributed by atoms with E-state index in [-0.39, 0.29) is 24.3 Å². The van der Waals surface area contributed by atoms with Crippen LogP contribution in [-0.2, 0) is 16.1 Å². The van der Waals surface area contributed by atoms with E-state index < -0.39 is 0 Å². The van der Waals surface area contributed by atoms with Crippen molar-refractivity contribution >= 4 is 17.6 Å². The van der Waals surface area contributed by atoms with Crippen molar-refractivity contribution in [3.63, 3.8) is 0 Å². The highest BCUT2D eigenvalue weighted by Crippen LogP contribution is 2.28. The van der Waals surface area contributed by atoms with Crippen LogP contribution in [0.4, 0.5) is 5.82 Å². The Morgan fingerprint density at radius 3 is 2.60 bits per heavy atom. The molecule has 1 aromatic carbocycles. The van der Waals surface area contributed by atoms with Gasteiger partial charge in [-0.05, 0) is 12.1 Å². The van der Waals surface area contributed by atoms with Gasteiger partial charge in [-0.2, -0.15) is 0 Å². The average Bonchev–Trinajstić information content (AvgIpc) is 3.12. The van der Waals surface area contributed by atoms with Crippen LogP contribution in [0.2, 0.25) is 0 Å². The van der Waals surface area contributed by atoms with Gasteiger partial charge in [0.05, 0.1) is 18.8 Å². The Labute approximate surface area is 177 Å². The molecule has 1 aliphatic rings. The molecule has 0 spiro atoms. The maximum Gasteiger partial charge on any atom is 0.254 e. The van der Waals surface area contributed by atoms with E-state index in [1.165, 1.54) is 0 Å². The van der Waals surface area contributed by atoms with Crippen molar-refractivity contribution < 1.29 is 14.3 Å². The van der Waals surface area contributed by atoms with Gasteiger partial charge in [0, 0.05) is 65.3 Å². The molecule has 1 fully saturated rings. The van der Waals surface area contributed by atoms with Crippen LogP contribution < -0.4 is 4.90 Å². The normalized spacial score (nSPS) is 16.1. The lowest BCUT2D eigenvalue weighted by molar-refractivity contribution is -0.128. The first-order chi connectivity index (χ1) is 14.4. The fourth-order valence-electron chi connectivity index (χ4n) is 3.48. The molecule has 0 saturated carbocycles. The molecule has 0 unspecified atom stereocenters. The number of rotatable bonds is 8. The summed E-state index contributed by atoms with van der Waals surface area (Å²) in [5.41, 5.74) is 1.46. The second-order valence-corrected chi connectivity index (χ2v) is 7.72. The van der Waals surface area contributed by atoms with Crippen LogP contribution in [0.25, 0.3) is 0 Å². The highest BCUT2D eigenvalue weighted by molar-refractivity contribution is 5.93. The fraction of sp³-hybridized carbons (Fsp3) is 0.455. The number of hydrogen-bond donors (Lipinski definition) is 0. The van der Waals surface area contributed by atoms with E-state index in [2.05, 4.69) is 4.98 Å². The molecule has 2 amide bonds. The van der Waals surface area contributed by atoms with Gasteiger partial charge in [-0.25, -0.2) is 9.97 Å². The molecule has 2 aromatic rings. The van der Waals surface area contributed by atoms with Gasteiger partial charge in [0.15, 0.2) is 0 Å². The maximum atomic E-state index is 12.7. The van der Waals surface area contributed by atoms with Gasteiger partial charge in [-0.15, -0.1) is 0 Å². The van der Waals surface area contributed by atoms with E-state index in [0.29, 0.717) is 37.5 Å². The molecule has 8 heteroatoms. The molecular weight excluding hydrogens is 382 g/mol. The smallest absolute Gasteiger partial charge is 0.254 e. The Morgan fingerprint density at radius 2 is 1.93 bits per heavy atom. The summed E-state index contributed by atoms with van der Waals surface area (Å²) in [4.78, 5) is 39.7. The van der Waals surface area contributed by atoms with Crippen molar-refractivity contribution in [2.45, 2.75) is 18.9 Å². The molecule has 1 atom stereocenters. The Bertz CT molecular complexity index is 888. The number of hydrogen-bond acceptors (Lipinski definition) is 6. The number of ether oxygens (including phenoxy) is 1. The highest BCUT2D eigenvalue weighted by atomic mass is 16.5. The zero-order valence-corrected chi connectivity index (χ0v) is 18.0. The van der Waals surface area contributed by atoms with Crippen LogP contribution in [0.1, 0.15) is 34.2 Å². The zero-order valence-electron chi connectivity index (χ0n) is 18.0. The van der Waals surface area contributed by atoms with Gasteiger partial charge in [0.2, 0.25) is 5.91 Å². The Morgan fingerprint density at radius 1 is 1.20 bits per heavy atom. The van der Waals surface area contributed by atoms with Crippen molar-refractivity contribution in [2.24, 2.45) is 0 Å². The number of benzene rings is 1. The van der Waals surface area contributed by atoms with Crippen LogP contribution in [-0.4, -0.2) is 79.5 Å². The van der Waals surface area contributed by atoms with E-state index in [1.807, 2.05) is 48.2 Å². The largest absolute Gasteiger partial charge is 0.383 e. The van der Waals surface area contributed by atoms with E-state index in [4.69, 9.17) is 9.72 Å². The Hall–Kier alpha value is -3.00. The van der Waals surface area contributed by atoms with E-state index in [1.54, 1.807) is 31.2 Å². The summed E-state index contributed by atoms with van der Waals surface area (Å²) in [5, 5.41) is 0. The summed E-state index contributed by atoms with van der Waals surface area (Å²) < 4.78 is 5.10. The number of amides is 2. The fourth-order valence-corrected chi connectivity index (χ4v) is 3.48. The molecule has 2 heterocycles. The maximum absolute atomic E-state index is 12.7.